The lowest BCUT2D eigenvalue weighted by Crippen LogP contribution is -2.33. The molecule has 1 fully saturated rings. The van der Waals surface area contributed by atoms with Crippen LogP contribution >= 0.6 is 11.8 Å². The van der Waals surface area contributed by atoms with Crippen LogP contribution in [0, 0.1) is 13.8 Å². The van der Waals surface area contributed by atoms with Crippen LogP contribution in [0.2, 0.25) is 0 Å². The van der Waals surface area contributed by atoms with Crippen molar-refractivity contribution < 1.29 is 9.21 Å². The number of hydrogen-bond donors (Lipinski definition) is 1. The van der Waals surface area contributed by atoms with E-state index < -0.39 is 0 Å². The molecule has 1 N–H and O–H groups in total. The van der Waals surface area contributed by atoms with Crippen LogP contribution in [0.1, 0.15) is 42.7 Å². The van der Waals surface area contributed by atoms with Crippen molar-refractivity contribution in [2.24, 2.45) is 0 Å². The molecule has 0 bridgehead atoms. The molecule has 1 saturated carbocycles. The molecule has 3 heterocycles. The molecule has 3 aromatic heterocycles. The van der Waals surface area contributed by atoms with Crippen molar-refractivity contribution in [3.8, 4) is 0 Å². The molecule has 27 heavy (non-hydrogen) atoms. The number of amides is 1. The molecule has 1 amide bonds. The average Bonchev–Trinajstić information content (AvgIpc) is 3.40. The zero-order chi connectivity index (χ0) is 18.8. The molecule has 4 rings (SSSR count). The Morgan fingerprint density at radius 3 is 2.89 bits per heavy atom. The van der Waals surface area contributed by atoms with Gasteiger partial charge in [-0.25, -0.2) is 9.97 Å². The van der Waals surface area contributed by atoms with Crippen molar-refractivity contribution >= 4 is 28.7 Å². The molecule has 142 valence electrons. The second kappa shape index (κ2) is 7.76. The third-order valence-corrected chi connectivity index (χ3v) is 6.31. The number of nitrogens with one attached hydrogen (secondary N) is 1. The number of furan rings is 1. The number of nitrogens with zero attached hydrogens (tertiary/aromatic N) is 3. The zero-order valence-electron chi connectivity index (χ0n) is 15.7. The number of aryl methyl sites for hydroxylation is 1. The van der Waals surface area contributed by atoms with Crippen LogP contribution in [0.3, 0.4) is 0 Å². The Balaban J connectivity index is 1.55. The second-order valence-corrected chi connectivity index (χ2v) is 8.05. The van der Waals surface area contributed by atoms with E-state index in [0.29, 0.717) is 18.3 Å². The van der Waals surface area contributed by atoms with Crippen LogP contribution in [-0.2, 0) is 11.3 Å². The molecule has 0 radical (unpaired) electrons. The van der Waals surface area contributed by atoms with Crippen molar-refractivity contribution in [1.29, 1.82) is 0 Å². The third kappa shape index (κ3) is 3.74. The monoisotopic (exact) mass is 384 g/mol. The Labute approximate surface area is 162 Å². The van der Waals surface area contributed by atoms with Gasteiger partial charge in [0.2, 0.25) is 5.91 Å². The maximum Gasteiger partial charge on any atom is 0.230 e. The first-order valence-electron chi connectivity index (χ1n) is 9.38. The smallest absolute Gasteiger partial charge is 0.230 e. The fourth-order valence-corrected chi connectivity index (χ4v) is 4.63. The molecule has 0 spiro atoms. The van der Waals surface area contributed by atoms with Gasteiger partial charge in [-0.15, -0.1) is 0 Å². The maximum atomic E-state index is 12.3. The van der Waals surface area contributed by atoms with Gasteiger partial charge in [-0.05, 0) is 44.4 Å². The van der Waals surface area contributed by atoms with E-state index in [2.05, 4.69) is 33.7 Å². The first-order valence-corrected chi connectivity index (χ1v) is 10.4. The molecule has 0 unspecified atom stereocenters. The number of thioether (sulfide) groups is 1. The Morgan fingerprint density at radius 1 is 1.33 bits per heavy atom. The summed E-state index contributed by atoms with van der Waals surface area (Å²) in [6.45, 7) is 4.80. The summed E-state index contributed by atoms with van der Waals surface area (Å²) in [6, 6.07) is 4.20. The Morgan fingerprint density at radius 2 is 2.15 bits per heavy atom. The van der Waals surface area contributed by atoms with Gasteiger partial charge >= 0.3 is 0 Å². The van der Waals surface area contributed by atoms with Gasteiger partial charge < -0.3 is 14.3 Å². The van der Waals surface area contributed by atoms with Crippen LogP contribution in [0.4, 0.5) is 0 Å². The van der Waals surface area contributed by atoms with Crippen LogP contribution in [0.15, 0.2) is 34.2 Å². The third-order valence-electron chi connectivity index (χ3n) is 5.33. The number of carbonyl (C=O) groups is 1. The highest BCUT2D eigenvalue weighted by Crippen LogP contribution is 2.31. The zero-order valence-corrected chi connectivity index (χ0v) is 16.5. The van der Waals surface area contributed by atoms with Crippen LogP contribution < -0.4 is 5.32 Å². The summed E-state index contributed by atoms with van der Waals surface area (Å²) in [5.41, 5.74) is 3.17. The van der Waals surface area contributed by atoms with Gasteiger partial charge in [0.15, 0.2) is 0 Å². The predicted molar refractivity (Wildman–Crippen MR) is 106 cm³/mol. The number of hydrogen-bond acceptors (Lipinski definition) is 5. The number of rotatable bonds is 6. The van der Waals surface area contributed by atoms with E-state index >= 15 is 0 Å². The average molecular weight is 385 g/mol. The fraction of sp³-hybridized carbons (Fsp3) is 0.450. The molecule has 6 nitrogen and oxygen atoms in total. The number of fused-ring (bicyclic) bond motifs is 1. The minimum absolute atomic E-state index is 0.0862. The first-order chi connectivity index (χ1) is 13.1. The highest BCUT2D eigenvalue weighted by atomic mass is 32.2. The SMILES string of the molecule is Cc1c(C)n(Cc2ccco2)c2ncnc(SCC(=O)NC3CCCC3)c12. The van der Waals surface area contributed by atoms with E-state index in [1.165, 1.54) is 24.6 Å². The second-order valence-electron chi connectivity index (χ2n) is 7.09. The molecule has 0 aromatic carbocycles. The molecule has 0 atom stereocenters. The van der Waals surface area contributed by atoms with E-state index in [-0.39, 0.29) is 5.91 Å². The molecule has 1 aliphatic rings. The molecule has 1 aliphatic carbocycles. The van der Waals surface area contributed by atoms with E-state index in [4.69, 9.17) is 4.42 Å². The van der Waals surface area contributed by atoms with Gasteiger partial charge in [0.1, 0.15) is 22.8 Å². The Bertz CT molecular complexity index is 943. The van der Waals surface area contributed by atoms with E-state index in [1.54, 1.807) is 12.6 Å². The summed E-state index contributed by atoms with van der Waals surface area (Å²) in [4.78, 5) is 21.3. The standard InChI is InChI=1S/C20H24N4O2S/c1-13-14(2)24(10-16-8-5-9-26-16)19-18(13)20(22-12-21-19)27-11-17(25)23-15-6-3-4-7-15/h5,8-9,12,15H,3-4,6-7,10-11H2,1-2H3,(H,23,25). The van der Waals surface area contributed by atoms with Gasteiger partial charge in [0.25, 0.3) is 0 Å². The van der Waals surface area contributed by atoms with Gasteiger partial charge in [0, 0.05) is 11.7 Å². The van der Waals surface area contributed by atoms with Gasteiger partial charge in [-0.3, -0.25) is 4.79 Å². The molecule has 3 aromatic rings. The minimum atomic E-state index is 0.0862. The highest BCUT2D eigenvalue weighted by molar-refractivity contribution is 8.00. The summed E-state index contributed by atoms with van der Waals surface area (Å²) in [5.74, 6) is 1.35. The molecule has 0 aliphatic heterocycles. The van der Waals surface area contributed by atoms with Crippen molar-refractivity contribution in [2.45, 2.75) is 57.1 Å². The highest BCUT2D eigenvalue weighted by Gasteiger charge is 2.20. The fourth-order valence-electron chi connectivity index (χ4n) is 3.77. The van der Waals surface area contributed by atoms with E-state index in [0.717, 1.165) is 45.9 Å². The molecule has 0 saturated heterocycles. The normalized spacial score (nSPS) is 14.9. The Kier molecular flexibility index (Phi) is 5.20. The van der Waals surface area contributed by atoms with Crippen molar-refractivity contribution in [1.82, 2.24) is 19.9 Å². The lowest BCUT2D eigenvalue weighted by atomic mass is 10.2. The van der Waals surface area contributed by atoms with Crippen molar-refractivity contribution in [3.63, 3.8) is 0 Å². The molecular formula is C20H24N4O2S. The van der Waals surface area contributed by atoms with Crippen molar-refractivity contribution in [3.05, 3.63) is 41.7 Å². The van der Waals surface area contributed by atoms with E-state index in [9.17, 15) is 4.79 Å². The summed E-state index contributed by atoms with van der Waals surface area (Å²) < 4.78 is 7.65. The predicted octanol–water partition coefficient (Wildman–Crippen LogP) is 3.84. The van der Waals surface area contributed by atoms with Crippen LogP contribution in [0.5, 0.6) is 0 Å². The topological polar surface area (TPSA) is 73.0 Å². The summed E-state index contributed by atoms with van der Waals surface area (Å²) in [7, 11) is 0. The van der Waals surface area contributed by atoms with E-state index in [1.807, 2.05) is 12.1 Å². The lowest BCUT2D eigenvalue weighted by molar-refractivity contribution is -0.119. The van der Waals surface area contributed by atoms with Crippen LogP contribution in [-0.4, -0.2) is 32.2 Å². The van der Waals surface area contributed by atoms with Crippen LogP contribution in [0.25, 0.3) is 11.0 Å². The molecule has 7 heteroatoms. The van der Waals surface area contributed by atoms with Gasteiger partial charge in [0.05, 0.1) is 23.9 Å². The lowest BCUT2D eigenvalue weighted by Gasteiger charge is -2.11. The quantitative estimate of drug-likeness (QED) is 0.516. The minimum Gasteiger partial charge on any atom is -0.467 e. The number of aromatic nitrogens is 3. The Hall–Kier alpha value is -2.28. The maximum absolute atomic E-state index is 12.3. The summed E-state index contributed by atoms with van der Waals surface area (Å²) >= 11 is 1.49. The van der Waals surface area contributed by atoms with Gasteiger partial charge in [-0.1, -0.05) is 24.6 Å². The summed E-state index contributed by atoms with van der Waals surface area (Å²) in [5, 5.41) is 5.03. The first kappa shape index (κ1) is 18.1. The largest absolute Gasteiger partial charge is 0.467 e. The molecular weight excluding hydrogens is 360 g/mol. The van der Waals surface area contributed by atoms with Gasteiger partial charge in [-0.2, -0.15) is 0 Å². The summed E-state index contributed by atoms with van der Waals surface area (Å²) in [6.07, 6.45) is 7.89. The van der Waals surface area contributed by atoms with Crippen molar-refractivity contribution in [2.75, 3.05) is 5.75 Å². The number of carbonyl (C=O) groups excluding carboxylic acids is 1.